The van der Waals surface area contributed by atoms with Gasteiger partial charge in [-0.05, 0) is 30.7 Å². The van der Waals surface area contributed by atoms with Crippen molar-refractivity contribution in [3.63, 3.8) is 0 Å². The molecule has 0 heterocycles. The molecule has 3 N–H and O–H groups in total. The summed E-state index contributed by atoms with van der Waals surface area (Å²) in [5.74, 6) is -1.03. The number of benzene rings is 1. The zero-order valence-corrected chi connectivity index (χ0v) is 9.65. The first-order valence-electron chi connectivity index (χ1n) is 4.53. The topological polar surface area (TPSA) is 46.2 Å². The van der Waals surface area contributed by atoms with Crippen molar-refractivity contribution in [1.29, 1.82) is 0 Å². The van der Waals surface area contributed by atoms with E-state index in [0.717, 1.165) is 12.1 Å². The lowest BCUT2D eigenvalue weighted by atomic mass is 10.0. The van der Waals surface area contributed by atoms with Gasteiger partial charge in [0.15, 0.2) is 0 Å². The highest BCUT2D eigenvalue weighted by Gasteiger charge is 2.32. The zero-order chi connectivity index (χ0) is 12.5. The molecule has 7 heteroatoms. The lowest BCUT2D eigenvalue weighted by Crippen LogP contribution is -2.24. The van der Waals surface area contributed by atoms with Crippen LogP contribution in [-0.2, 0) is 6.18 Å². The number of nitrogens with two attached hydrogens (primary N) is 1. The van der Waals surface area contributed by atoms with Crippen molar-refractivity contribution in [2.24, 2.45) is 5.73 Å². The molecule has 1 aromatic rings. The van der Waals surface area contributed by atoms with Gasteiger partial charge in [-0.1, -0.05) is 0 Å². The van der Waals surface area contributed by atoms with E-state index in [4.69, 9.17) is 10.8 Å². The lowest BCUT2D eigenvalue weighted by Gasteiger charge is -2.17. The summed E-state index contributed by atoms with van der Waals surface area (Å²) in [4.78, 5) is 0. The Labute approximate surface area is 102 Å². The minimum atomic E-state index is -4.63. The van der Waals surface area contributed by atoms with Gasteiger partial charge in [0.2, 0.25) is 0 Å². The number of hydrogen-bond donors (Lipinski definition) is 2. The molecule has 0 aromatic heterocycles. The van der Waals surface area contributed by atoms with Gasteiger partial charge in [0.1, 0.15) is 5.82 Å². The van der Waals surface area contributed by atoms with Gasteiger partial charge in [0.25, 0.3) is 0 Å². The van der Waals surface area contributed by atoms with Crippen LogP contribution in [-0.4, -0.2) is 11.2 Å². The minimum absolute atomic E-state index is 0. The molecule has 2 nitrogen and oxygen atoms in total. The molecule has 0 spiro atoms. The van der Waals surface area contributed by atoms with Gasteiger partial charge in [-0.25, -0.2) is 4.39 Å². The van der Waals surface area contributed by atoms with E-state index >= 15 is 0 Å². The first kappa shape index (κ1) is 16.1. The van der Waals surface area contributed by atoms with Crippen molar-refractivity contribution in [2.45, 2.75) is 25.2 Å². The third kappa shape index (κ3) is 4.14. The fraction of sp³-hybridized carbons (Fsp3) is 0.400. The van der Waals surface area contributed by atoms with Crippen LogP contribution >= 0.6 is 12.4 Å². The van der Waals surface area contributed by atoms with Crippen molar-refractivity contribution >= 4 is 12.4 Å². The molecule has 17 heavy (non-hydrogen) atoms. The molecule has 0 bridgehead atoms. The van der Waals surface area contributed by atoms with Crippen molar-refractivity contribution < 1.29 is 22.7 Å². The first-order valence-corrected chi connectivity index (χ1v) is 4.53. The van der Waals surface area contributed by atoms with Crippen LogP contribution in [0.25, 0.3) is 0 Å². The van der Waals surface area contributed by atoms with E-state index in [1.807, 2.05) is 0 Å². The molecule has 0 amide bonds. The first-order chi connectivity index (χ1) is 7.21. The molecule has 1 aromatic carbocycles. The lowest BCUT2D eigenvalue weighted by molar-refractivity contribution is -0.137. The third-order valence-electron chi connectivity index (χ3n) is 2.15. The summed E-state index contributed by atoms with van der Waals surface area (Å²) in [5.41, 5.74) is 4.24. The van der Waals surface area contributed by atoms with Crippen LogP contribution in [0, 0.1) is 5.82 Å². The predicted octanol–water partition coefficient (Wildman–Crippen LogP) is 2.65. The third-order valence-corrected chi connectivity index (χ3v) is 2.15. The number of aliphatic hydroxyl groups excluding tert-OH is 1. The Morgan fingerprint density at radius 2 is 1.76 bits per heavy atom. The molecule has 0 aliphatic heterocycles. The van der Waals surface area contributed by atoms with E-state index in [9.17, 15) is 17.6 Å². The Bertz CT molecular complexity index is 381. The smallest absolute Gasteiger partial charge is 0.391 e. The van der Waals surface area contributed by atoms with E-state index in [1.165, 1.54) is 6.92 Å². The Morgan fingerprint density at radius 3 is 2.18 bits per heavy atom. The highest BCUT2D eigenvalue weighted by atomic mass is 35.5. The van der Waals surface area contributed by atoms with E-state index in [0.29, 0.717) is 6.07 Å². The molecule has 0 fully saturated rings. The molecule has 0 aliphatic carbocycles. The average Bonchev–Trinajstić information content (AvgIpc) is 2.14. The van der Waals surface area contributed by atoms with Crippen molar-refractivity contribution in [3.8, 4) is 0 Å². The monoisotopic (exact) mass is 273 g/mol. The van der Waals surface area contributed by atoms with Crippen LogP contribution in [0.5, 0.6) is 0 Å². The predicted molar refractivity (Wildman–Crippen MR) is 57.3 cm³/mol. The molecular weight excluding hydrogens is 262 g/mol. The maximum absolute atomic E-state index is 12.9. The van der Waals surface area contributed by atoms with Gasteiger partial charge in [-0.3, -0.25) is 0 Å². The quantitative estimate of drug-likeness (QED) is 0.814. The highest BCUT2D eigenvalue weighted by molar-refractivity contribution is 5.85. The molecule has 1 rings (SSSR count). The molecule has 0 aliphatic rings. The summed E-state index contributed by atoms with van der Waals surface area (Å²) in [5, 5.41) is 9.13. The van der Waals surface area contributed by atoms with E-state index in [-0.39, 0.29) is 18.0 Å². The van der Waals surface area contributed by atoms with Gasteiger partial charge < -0.3 is 10.8 Å². The fourth-order valence-corrected chi connectivity index (χ4v) is 1.25. The number of alkyl halides is 3. The molecule has 0 radical (unpaired) electrons. The van der Waals surface area contributed by atoms with Crippen LogP contribution in [0.2, 0.25) is 0 Å². The largest absolute Gasteiger partial charge is 0.416 e. The molecular formula is C10H12ClF4NO. The Kier molecular flexibility index (Phi) is 5.38. The average molecular weight is 274 g/mol. The van der Waals surface area contributed by atoms with Gasteiger partial charge in [0, 0.05) is 0 Å². The van der Waals surface area contributed by atoms with Crippen LogP contribution in [0.3, 0.4) is 0 Å². The van der Waals surface area contributed by atoms with E-state index in [2.05, 4.69) is 0 Å². The normalized spacial score (nSPS) is 15.0. The van der Waals surface area contributed by atoms with E-state index < -0.39 is 29.7 Å². The molecule has 0 saturated heterocycles. The fourth-order valence-electron chi connectivity index (χ4n) is 1.25. The van der Waals surface area contributed by atoms with Gasteiger partial charge in [0.05, 0.1) is 17.7 Å². The standard InChI is InChI=1S/C10H11F4NO.ClH/c1-5(16)9(15)6-2-7(10(12,13)14)4-8(11)3-6;/h2-5,9,16H,15H2,1H3;1H/t5-,9-;/m1./s1. The summed E-state index contributed by atoms with van der Waals surface area (Å²) < 4.78 is 50.0. The van der Waals surface area contributed by atoms with Gasteiger partial charge in [-0.2, -0.15) is 13.2 Å². The second kappa shape index (κ2) is 5.66. The number of halogens is 5. The van der Waals surface area contributed by atoms with E-state index in [1.54, 1.807) is 0 Å². The summed E-state index contributed by atoms with van der Waals surface area (Å²) in [6.07, 6.45) is -5.68. The second-order valence-electron chi connectivity index (χ2n) is 3.54. The summed E-state index contributed by atoms with van der Waals surface area (Å²) in [6.45, 7) is 1.32. The highest BCUT2D eigenvalue weighted by Crippen LogP contribution is 2.31. The Morgan fingerprint density at radius 1 is 1.24 bits per heavy atom. The van der Waals surface area contributed by atoms with Crippen LogP contribution in [0.4, 0.5) is 17.6 Å². The van der Waals surface area contributed by atoms with Crippen molar-refractivity contribution in [1.82, 2.24) is 0 Å². The van der Waals surface area contributed by atoms with Crippen LogP contribution < -0.4 is 5.73 Å². The maximum atomic E-state index is 12.9. The molecule has 0 saturated carbocycles. The minimum Gasteiger partial charge on any atom is -0.391 e. The summed E-state index contributed by atoms with van der Waals surface area (Å²) in [6, 6.07) is 0.961. The second-order valence-corrected chi connectivity index (χ2v) is 3.54. The Hall–Kier alpha value is -0.850. The SMILES string of the molecule is C[C@@H](O)[C@@H](N)c1cc(F)cc(C(F)(F)F)c1.Cl. The zero-order valence-electron chi connectivity index (χ0n) is 8.83. The summed E-state index contributed by atoms with van der Waals surface area (Å²) in [7, 11) is 0. The maximum Gasteiger partial charge on any atom is 0.416 e. The van der Waals surface area contributed by atoms with Crippen LogP contribution in [0.1, 0.15) is 24.1 Å². The van der Waals surface area contributed by atoms with Crippen molar-refractivity contribution in [3.05, 3.63) is 35.1 Å². The number of rotatable bonds is 2. The Balaban J connectivity index is 0.00000256. The van der Waals surface area contributed by atoms with Crippen molar-refractivity contribution in [2.75, 3.05) is 0 Å². The molecule has 98 valence electrons. The van der Waals surface area contributed by atoms with Gasteiger partial charge in [-0.15, -0.1) is 12.4 Å². The number of hydrogen-bond acceptors (Lipinski definition) is 2. The molecule has 0 unspecified atom stereocenters. The van der Waals surface area contributed by atoms with Crippen LogP contribution in [0.15, 0.2) is 18.2 Å². The molecule has 2 atom stereocenters. The summed E-state index contributed by atoms with van der Waals surface area (Å²) >= 11 is 0. The number of aliphatic hydroxyl groups is 1. The van der Waals surface area contributed by atoms with Gasteiger partial charge >= 0.3 is 6.18 Å².